The number of nitrogens with zero attached hydrogens (tertiary/aromatic N) is 2. The SMILES string of the molecule is O=c1c(O)c2c(=O)n(Cc3cccc(Cl)c3)ccn2c2ccccc12. The monoisotopic (exact) mass is 352 g/mol. The van der Waals surface area contributed by atoms with Crippen LogP contribution in [-0.4, -0.2) is 14.1 Å². The molecule has 2 aromatic carbocycles. The smallest absolute Gasteiger partial charge is 0.279 e. The Morgan fingerprint density at radius 1 is 1.00 bits per heavy atom. The van der Waals surface area contributed by atoms with Gasteiger partial charge in [0.15, 0.2) is 11.3 Å². The van der Waals surface area contributed by atoms with Gasteiger partial charge < -0.3 is 14.1 Å². The van der Waals surface area contributed by atoms with Crippen molar-refractivity contribution in [1.29, 1.82) is 0 Å². The number of aromatic hydroxyl groups is 1. The van der Waals surface area contributed by atoms with E-state index in [0.29, 0.717) is 15.9 Å². The molecule has 124 valence electrons. The summed E-state index contributed by atoms with van der Waals surface area (Å²) in [6, 6.07) is 14.1. The molecule has 0 spiro atoms. The molecule has 1 N–H and O–H groups in total. The maximum atomic E-state index is 12.8. The lowest BCUT2D eigenvalue weighted by Crippen LogP contribution is -2.24. The highest BCUT2D eigenvalue weighted by Gasteiger charge is 2.15. The van der Waals surface area contributed by atoms with Gasteiger partial charge in [-0.05, 0) is 29.8 Å². The summed E-state index contributed by atoms with van der Waals surface area (Å²) in [7, 11) is 0. The van der Waals surface area contributed by atoms with Crippen LogP contribution in [0, 0.1) is 0 Å². The van der Waals surface area contributed by atoms with E-state index in [1.807, 2.05) is 6.07 Å². The Bertz CT molecular complexity index is 1240. The van der Waals surface area contributed by atoms with Crippen molar-refractivity contribution in [2.24, 2.45) is 0 Å². The van der Waals surface area contributed by atoms with Crippen LogP contribution in [0.1, 0.15) is 5.56 Å². The molecule has 0 aliphatic rings. The van der Waals surface area contributed by atoms with Crippen molar-refractivity contribution in [2.75, 3.05) is 0 Å². The van der Waals surface area contributed by atoms with E-state index in [1.165, 1.54) is 4.57 Å². The molecule has 0 amide bonds. The van der Waals surface area contributed by atoms with Crippen molar-refractivity contribution < 1.29 is 5.11 Å². The number of aromatic nitrogens is 2. The topological polar surface area (TPSA) is 63.7 Å². The maximum Gasteiger partial charge on any atom is 0.279 e. The molecule has 0 unspecified atom stereocenters. The van der Waals surface area contributed by atoms with E-state index in [2.05, 4.69) is 0 Å². The van der Waals surface area contributed by atoms with E-state index in [1.54, 1.807) is 59.3 Å². The Kier molecular flexibility index (Phi) is 3.58. The summed E-state index contributed by atoms with van der Waals surface area (Å²) in [6.07, 6.45) is 3.30. The molecule has 0 bridgehead atoms. The minimum Gasteiger partial charge on any atom is -0.503 e. The van der Waals surface area contributed by atoms with Crippen LogP contribution < -0.4 is 11.0 Å². The van der Waals surface area contributed by atoms with Crippen molar-refractivity contribution in [3.8, 4) is 5.75 Å². The van der Waals surface area contributed by atoms with Gasteiger partial charge in [-0.2, -0.15) is 0 Å². The fourth-order valence-electron chi connectivity index (χ4n) is 3.01. The van der Waals surface area contributed by atoms with Gasteiger partial charge in [0.2, 0.25) is 5.43 Å². The normalized spacial score (nSPS) is 11.2. The molecule has 4 aromatic rings. The molecule has 25 heavy (non-hydrogen) atoms. The number of rotatable bonds is 2. The number of hydrogen-bond acceptors (Lipinski definition) is 3. The van der Waals surface area contributed by atoms with Crippen molar-refractivity contribution in [3.05, 3.63) is 92.1 Å². The Labute approximate surface area is 147 Å². The van der Waals surface area contributed by atoms with Gasteiger partial charge in [-0.15, -0.1) is 0 Å². The van der Waals surface area contributed by atoms with Crippen molar-refractivity contribution in [2.45, 2.75) is 6.54 Å². The van der Waals surface area contributed by atoms with E-state index in [9.17, 15) is 14.7 Å². The Morgan fingerprint density at radius 3 is 2.60 bits per heavy atom. The van der Waals surface area contributed by atoms with Crippen LogP contribution in [0.4, 0.5) is 0 Å². The molecule has 0 radical (unpaired) electrons. The molecule has 6 heteroatoms. The minimum atomic E-state index is -0.548. The van der Waals surface area contributed by atoms with Crippen LogP contribution in [0.15, 0.2) is 70.5 Å². The third-order valence-corrected chi connectivity index (χ3v) is 4.42. The fourth-order valence-corrected chi connectivity index (χ4v) is 3.22. The molecule has 0 saturated heterocycles. The third kappa shape index (κ3) is 2.49. The lowest BCUT2D eigenvalue weighted by Gasteiger charge is -2.12. The number of hydrogen-bond donors (Lipinski definition) is 1. The molecule has 5 nitrogen and oxygen atoms in total. The minimum absolute atomic E-state index is 0.0340. The number of para-hydroxylation sites is 1. The van der Waals surface area contributed by atoms with Gasteiger partial charge in [-0.3, -0.25) is 9.59 Å². The van der Waals surface area contributed by atoms with Crippen molar-refractivity contribution >= 4 is 28.0 Å². The molecule has 0 atom stereocenters. The predicted molar refractivity (Wildman–Crippen MR) is 97.7 cm³/mol. The lowest BCUT2D eigenvalue weighted by atomic mass is 10.2. The fraction of sp³-hybridized carbons (Fsp3) is 0.0526. The van der Waals surface area contributed by atoms with Crippen LogP contribution in [0.2, 0.25) is 5.02 Å². The second kappa shape index (κ2) is 5.79. The summed E-state index contributed by atoms with van der Waals surface area (Å²) in [5.41, 5.74) is 0.401. The summed E-state index contributed by atoms with van der Waals surface area (Å²) < 4.78 is 2.98. The summed E-state index contributed by atoms with van der Waals surface area (Å²) in [5, 5.41) is 11.2. The molecule has 0 aliphatic carbocycles. The summed E-state index contributed by atoms with van der Waals surface area (Å²) in [4.78, 5) is 25.2. The number of benzene rings is 2. The summed E-state index contributed by atoms with van der Waals surface area (Å²) in [5.74, 6) is -0.538. The third-order valence-electron chi connectivity index (χ3n) is 4.19. The average Bonchev–Trinajstić information content (AvgIpc) is 2.61. The first kappa shape index (κ1) is 15.5. The highest BCUT2D eigenvalue weighted by molar-refractivity contribution is 6.30. The summed E-state index contributed by atoms with van der Waals surface area (Å²) in [6.45, 7) is 0.288. The highest BCUT2D eigenvalue weighted by atomic mass is 35.5. The average molecular weight is 353 g/mol. The van der Waals surface area contributed by atoms with Gasteiger partial charge >= 0.3 is 0 Å². The highest BCUT2D eigenvalue weighted by Crippen LogP contribution is 2.18. The predicted octanol–water partition coefficient (Wildman–Crippen LogP) is 3.02. The molecule has 2 aromatic heterocycles. The Balaban J connectivity index is 2.00. The van der Waals surface area contributed by atoms with Gasteiger partial charge in [0.05, 0.1) is 12.1 Å². The van der Waals surface area contributed by atoms with Crippen molar-refractivity contribution in [1.82, 2.24) is 8.97 Å². The second-order valence-corrected chi connectivity index (χ2v) is 6.21. The van der Waals surface area contributed by atoms with Gasteiger partial charge in [-0.25, -0.2) is 0 Å². The van der Waals surface area contributed by atoms with Crippen LogP contribution in [0.3, 0.4) is 0 Å². The largest absolute Gasteiger partial charge is 0.503 e. The molecule has 2 heterocycles. The van der Waals surface area contributed by atoms with Gasteiger partial charge in [0.1, 0.15) is 0 Å². The second-order valence-electron chi connectivity index (χ2n) is 5.77. The van der Waals surface area contributed by atoms with E-state index in [0.717, 1.165) is 5.56 Å². The van der Waals surface area contributed by atoms with E-state index in [-0.39, 0.29) is 12.1 Å². The zero-order chi connectivity index (χ0) is 17.6. The van der Waals surface area contributed by atoms with Crippen LogP contribution in [0.5, 0.6) is 5.75 Å². The first-order valence-corrected chi connectivity index (χ1v) is 8.04. The van der Waals surface area contributed by atoms with Crippen LogP contribution in [-0.2, 0) is 6.54 Å². The molecule has 0 aliphatic heterocycles. The van der Waals surface area contributed by atoms with Crippen LogP contribution >= 0.6 is 11.6 Å². The standard InChI is InChI=1S/C19H13ClN2O3/c20-13-5-3-4-12(10-13)11-21-8-9-22-15-7-2-1-6-14(15)17(23)18(24)16(22)19(21)25/h1-10,24H,11H2. The zero-order valence-corrected chi connectivity index (χ0v) is 13.8. The van der Waals surface area contributed by atoms with Gasteiger partial charge in [0, 0.05) is 22.8 Å². The van der Waals surface area contributed by atoms with E-state index >= 15 is 0 Å². The number of halogens is 1. The molecular formula is C19H13ClN2O3. The Hall–Kier alpha value is -3.05. The number of pyridine rings is 1. The maximum absolute atomic E-state index is 12.8. The molecule has 4 rings (SSSR count). The number of fused-ring (bicyclic) bond motifs is 3. The zero-order valence-electron chi connectivity index (χ0n) is 13.0. The van der Waals surface area contributed by atoms with Gasteiger partial charge in [0.25, 0.3) is 5.56 Å². The quantitative estimate of drug-likeness (QED) is 0.564. The van der Waals surface area contributed by atoms with E-state index in [4.69, 9.17) is 11.6 Å². The first-order valence-electron chi connectivity index (χ1n) is 7.66. The summed E-state index contributed by atoms with van der Waals surface area (Å²) >= 11 is 5.98. The molecule has 0 fully saturated rings. The Morgan fingerprint density at radius 2 is 1.80 bits per heavy atom. The lowest BCUT2D eigenvalue weighted by molar-refractivity contribution is 0.473. The van der Waals surface area contributed by atoms with Crippen molar-refractivity contribution in [3.63, 3.8) is 0 Å². The van der Waals surface area contributed by atoms with Gasteiger partial charge in [-0.1, -0.05) is 35.9 Å². The first-order chi connectivity index (χ1) is 12.1. The van der Waals surface area contributed by atoms with Crippen LogP contribution in [0.25, 0.3) is 16.4 Å². The molecule has 0 saturated carbocycles. The van der Waals surface area contributed by atoms with E-state index < -0.39 is 16.7 Å². The molecular weight excluding hydrogens is 340 g/mol.